The molecule has 1 aliphatic rings. The Bertz CT molecular complexity index is 613. The minimum absolute atomic E-state index is 0.602. The quantitative estimate of drug-likeness (QED) is 0.713. The maximum atomic E-state index is 5.95. The van der Waals surface area contributed by atoms with Gasteiger partial charge in [-0.3, -0.25) is 0 Å². The van der Waals surface area contributed by atoms with E-state index in [0.29, 0.717) is 12.5 Å². The largest absolute Gasteiger partial charge is 0.489 e. The van der Waals surface area contributed by atoms with Gasteiger partial charge in [-0.05, 0) is 54.0 Å². The smallest absolute Gasteiger partial charge is 0.120 e. The van der Waals surface area contributed by atoms with Crippen LogP contribution in [-0.4, -0.2) is 0 Å². The first kappa shape index (κ1) is 13.9. The van der Waals surface area contributed by atoms with Gasteiger partial charge in [-0.2, -0.15) is 0 Å². The van der Waals surface area contributed by atoms with Crippen LogP contribution in [0.15, 0.2) is 54.6 Å². The van der Waals surface area contributed by atoms with Crippen molar-refractivity contribution in [3.05, 3.63) is 71.3 Å². The van der Waals surface area contributed by atoms with Gasteiger partial charge in [0, 0.05) is 0 Å². The second-order valence-corrected chi connectivity index (χ2v) is 5.80. The maximum Gasteiger partial charge on any atom is 0.120 e. The van der Waals surface area contributed by atoms with Gasteiger partial charge in [-0.1, -0.05) is 55.5 Å². The van der Waals surface area contributed by atoms with Crippen LogP contribution in [0.3, 0.4) is 0 Å². The Morgan fingerprint density at radius 2 is 1.95 bits per heavy atom. The molecule has 0 bridgehead atoms. The van der Waals surface area contributed by atoms with E-state index in [2.05, 4.69) is 49.4 Å². The Hall–Kier alpha value is -2.02. The van der Waals surface area contributed by atoms with Gasteiger partial charge in [0.2, 0.25) is 0 Å². The SMILES string of the molecule is CC1CCC/C=C\c2ccc(OCc3ccccc3)cc21. The molecule has 3 rings (SSSR count). The van der Waals surface area contributed by atoms with Crippen molar-refractivity contribution in [2.75, 3.05) is 0 Å². The molecule has 1 heteroatoms. The van der Waals surface area contributed by atoms with E-state index in [1.807, 2.05) is 18.2 Å². The van der Waals surface area contributed by atoms with Crippen molar-refractivity contribution in [2.24, 2.45) is 0 Å². The Morgan fingerprint density at radius 1 is 1.10 bits per heavy atom. The first-order valence-electron chi connectivity index (χ1n) is 7.80. The van der Waals surface area contributed by atoms with Crippen LogP contribution in [0.25, 0.3) is 6.08 Å². The Balaban J connectivity index is 1.78. The van der Waals surface area contributed by atoms with E-state index in [4.69, 9.17) is 4.74 Å². The summed E-state index contributed by atoms with van der Waals surface area (Å²) in [5.74, 6) is 1.57. The van der Waals surface area contributed by atoms with Crippen molar-refractivity contribution in [1.29, 1.82) is 0 Å². The maximum absolute atomic E-state index is 5.95. The van der Waals surface area contributed by atoms with E-state index in [9.17, 15) is 0 Å². The Morgan fingerprint density at radius 3 is 2.81 bits per heavy atom. The third kappa shape index (κ3) is 3.55. The standard InChI is InChI=1S/C20H22O/c1-16-8-4-2-7-11-18-12-13-19(14-20(16)18)21-15-17-9-5-3-6-10-17/h3,5-7,9-14,16H,2,4,8,15H2,1H3/b11-7-. The van der Waals surface area contributed by atoms with Crippen molar-refractivity contribution < 1.29 is 4.74 Å². The summed E-state index contributed by atoms with van der Waals surface area (Å²) in [7, 11) is 0. The molecular formula is C20H22O. The van der Waals surface area contributed by atoms with Crippen molar-refractivity contribution in [2.45, 2.75) is 38.7 Å². The van der Waals surface area contributed by atoms with Crippen LogP contribution in [0.5, 0.6) is 5.75 Å². The highest BCUT2D eigenvalue weighted by Gasteiger charge is 2.12. The lowest BCUT2D eigenvalue weighted by Gasteiger charge is -2.18. The van der Waals surface area contributed by atoms with Gasteiger partial charge in [-0.15, -0.1) is 0 Å². The highest BCUT2D eigenvalue weighted by atomic mass is 16.5. The Kier molecular flexibility index (Phi) is 4.40. The van der Waals surface area contributed by atoms with Crippen LogP contribution < -0.4 is 4.74 Å². The molecule has 108 valence electrons. The van der Waals surface area contributed by atoms with Gasteiger partial charge >= 0.3 is 0 Å². The second kappa shape index (κ2) is 6.62. The molecule has 1 nitrogen and oxygen atoms in total. The number of ether oxygens (including phenoxy) is 1. The third-order valence-electron chi connectivity index (χ3n) is 4.14. The molecule has 0 radical (unpaired) electrons. The summed E-state index contributed by atoms with van der Waals surface area (Å²) >= 11 is 0. The van der Waals surface area contributed by atoms with E-state index in [1.54, 1.807) is 0 Å². The van der Waals surface area contributed by atoms with Gasteiger partial charge in [0.25, 0.3) is 0 Å². The first-order valence-corrected chi connectivity index (χ1v) is 7.80. The molecule has 1 unspecified atom stereocenters. The summed E-state index contributed by atoms with van der Waals surface area (Å²) in [5, 5.41) is 0. The van der Waals surface area contributed by atoms with Crippen molar-refractivity contribution in [3.8, 4) is 5.75 Å². The molecule has 0 N–H and O–H groups in total. The van der Waals surface area contributed by atoms with Crippen LogP contribution in [-0.2, 0) is 6.61 Å². The molecule has 1 aliphatic carbocycles. The van der Waals surface area contributed by atoms with Crippen LogP contribution in [0.1, 0.15) is 48.8 Å². The highest BCUT2D eigenvalue weighted by molar-refractivity contribution is 5.57. The van der Waals surface area contributed by atoms with Gasteiger partial charge in [-0.25, -0.2) is 0 Å². The molecular weight excluding hydrogens is 256 g/mol. The van der Waals surface area contributed by atoms with Crippen molar-refractivity contribution in [1.82, 2.24) is 0 Å². The summed E-state index contributed by atoms with van der Waals surface area (Å²) in [6.45, 7) is 2.95. The van der Waals surface area contributed by atoms with Crippen LogP contribution in [0.2, 0.25) is 0 Å². The van der Waals surface area contributed by atoms with E-state index in [0.717, 1.165) is 5.75 Å². The lowest BCUT2D eigenvalue weighted by molar-refractivity contribution is 0.305. The van der Waals surface area contributed by atoms with Crippen molar-refractivity contribution >= 4 is 6.08 Å². The number of rotatable bonds is 3. The van der Waals surface area contributed by atoms with Crippen LogP contribution >= 0.6 is 0 Å². The number of benzene rings is 2. The van der Waals surface area contributed by atoms with E-state index >= 15 is 0 Å². The summed E-state index contributed by atoms with van der Waals surface area (Å²) < 4.78 is 5.95. The molecule has 0 fully saturated rings. The predicted octanol–water partition coefficient (Wildman–Crippen LogP) is 5.57. The summed E-state index contributed by atoms with van der Waals surface area (Å²) in [6, 6.07) is 16.8. The summed E-state index contributed by atoms with van der Waals surface area (Å²) in [5.41, 5.74) is 3.96. The average molecular weight is 278 g/mol. The average Bonchev–Trinajstić information content (AvgIpc) is 2.52. The van der Waals surface area contributed by atoms with E-state index < -0.39 is 0 Å². The van der Waals surface area contributed by atoms with Gasteiger partial charge in [0.05, 0.1) is 0 Å². The normalized spacial score (nSPS) is 19.2. The monoisotopic (exact) mass is 278 g/mol. The Labute approximate surface area is 127 Å². The second-order valence-electron chi connectivity index (χ2n) is 5.80. The molecule has 21 heavy (non-hydrogen) atoms. The zero-order chi connectivity index (χ0) is 14.5. The molecule has 1 atom stereocenters. The van der Waals surface area contributed by atoms with E-state index in [1.165, 1.54) is 36.0 Å². The van der Waals surface area contributed by atoms with Gasteiger partial charge in [0.1, 0.15) is 12.4 Å². The number of hydrogen-bond acceptors (Lipinski definition) is 1. The predicted molar refractivity (Wildman–Crippen MR) is 88.5 cm³/mol. The molecule has 2 aromatic rings. The lowest BCUT2D eigenvalue weighted by Crippen LogP contribution is -2.01. The third-order valence-corrected chi connectivity index (χ3v) is 4.14. The van der Waals surface area contributed by atoms with Crippen LogP contribution in [0.4, 0.5) is 0 Å². The highest BCUT2D eigenvalue weighted by Crippen LogP contribution is 2.31. The number of hydrogen-bond donors (Lipinski definition) is 0. The zero-order valence-corrected chi connectivity index (χ0v) is 12.6. The zero-order valence-electron chi connectivity index (χ0n) is 12.6. The lowest BCUT2D eigenvalue weighted by atomic mass is 9.89. The van der Waals surface area contributed by atoms with E-state index in [-0.39, 0.29) is 0 Å². The molecule has 0 saturated carbocycles. The molecule has 0 spiro atoms. The molecule has 0 amide bonds. The summed E-state index contributed by atoms with van der Waals surface area (Å²) in [4.78, 5) is 0. The number of allylic oxidation sites excluding steroid dienone is 1. The molecule has 0 aliphatic heterocycles. The van der Waals surface area contributed by atoms with Crippen LogP contribution in [0, 0.1) is 0 Å². The molecule has 0 aromatic heterocycles. The molecule has 0 heterocycles. The fraction of sp³-hybridized carbons (Fsp3) is 0.300. The first-order chi connectivity index (χ1) is 10.3. The van der Waals surface area contributed by atoms with Gasteiger partial charge in [0.15, 0.2) is 0 Å². The topological polar surface area (TPSA) is 9.23 Å². The van der Waals surface area contributed by atoms with Crippen molar-refractivity contribution in [3.63, 3.8) is 0 Å². The van der Waals surface area contributed by atoms with Gasteiger partial charge < -0.3 is 4.74 Å². The minimum atomic E-state index is 0.602. The fourth-order valence-corrected chi connectivity index (χ4v) is 2.87. The fourth-order valence-electron chi connectivity index (χ4n) is 2.87. The minimum Gasteiger partial charge on any atom is -0.489 e. The molecule has 0 saturated heterocycles. The summed E-state index contributed by atoms with van der Waals surface area (Å²) in [6.07, 6.45) is 8.25. The number of fused-ring (bicyclic) bond motifs is 1. The molecule has 2 aromatic carbocycles.